The highest BCUT2D eigenvalue weighted by molar-refractivity contribution is 8.00. The highest BCUT2D eigenvalue weighted by Crippen LogP contribution is 2.22. The van der Waals surface area contributed by atoms with E-state index in [9.17, 15) is 9.59 Å². The summed E-state index contributed by atoms with van der Waals surface area (Å²) >= 11 is 7.57. The molecule has 1 N–H and O–H groups in total. The van der Waals surface area contributed by atoms with Crippen molar-refractivity contribution in [1.82, 2.24) is 10.2 Å². The van der Waals surface area contributed by atoms with Gasteiger partial charge in [-0.1, -0.05) is 78.7 Å². The first-order chi connectivity index (χ1) is 16.9. The average Bonchev–Trinajstić information content (AvgIpc) is 2.87. The van der Waals surface area contributed by atoms with Crippen molar-refractivity contribution in [2.45, 2.75) is 57.1 Å². The second-order valence-corrected chi connectivity index (χ2v) is 10.3. The van der Waals surface area contributed by atoms with E-state index >= 15 is 0 Å². The number of aryl methyl sites for hydroxylation is 1. The maximum atomic E-state index is 13.6. The number of carbonyl (C=O) groups is 2. The minimum Gasteiger partial charge on any atom is -0.352 e. The SMILES string of the molecule is CCC(C)NC(=O)C(Cc1ccccc1)N(Cc1ccc(Cl)cc1)C(=O)CSc1ccc(C)cc1. The lowest BCUT2D eigenvalue weighted by atomic mass is 10.0. The van der Waals surface area contributed by atoms with E-state index in [1.54, 1.807) is 4.90 Å². The number of amides is 2. The van der Waals surface area contributed by atoms with E-state index in [0.29, 0.717) is 18.0 Å². The van der Waals surface area contributed by atoms with Crippen molar-refractivity contribution < 1.29 is 9.59 Å². The fourth-order valence-electron chi connectivity index (χ4n) is 3.64. The molecule has 3 aromatic rings. The zero-order valence-electron chi connectivity index (χ0n) is 20.5. The van der Waals surface area contributed by atoms with Gasteiger partial charge in [0.25, 0.3) is 0 Å². The van der Waals surface area contributed by atoms with Crippen LogP contribution in [0, 0.1) is 6.92 Å². The molecule has 0 spiro atoms. The monoisotopic (exact) mass is 508 g/mol. The number of rotatable bonds is 11. The number of nitrogens with zero attached hydrogens (tertiary/aromatic N) is 1. The fourth-order valence-corrected chi connectivity index (χ4v) is 4.55. The number of thioether (sulfide) groups is 1. The third-order valence-corrected chi connectivity index (χ3v) is 7.17. The summed E-state index contributed by atoms with van der Waals surface area (Å²) in [6.07, 6.45) is 1.26. The van der Waals surface area contributed by atoms with E-state index in [0.717, 1.165) is 22.4 Å². The van der Waals surface area contributed by atoms with Gasteiger partial charge >= 0.3 is 0 Å². The van der Waals surface area contributed by atoms with Gasteiger partial charge in [-0.15, -0.1) is 11.8 Å². The average molecular weight is 509 g/mol. The van der Waals surface area contributed by atoms with E-state index in [4.69, 9.17) is 11.6 Å². The molecule has 35 heavy (non-hydrogen) atoms. The van der Waals surface area contributed by atoms with Crippen molar-refractivity contribution in [2.75, 3.05) is 5.75 Å². The molecule has 2 atom stereocenters. The predicted molar refractivity (Wildman–Crippen MR) is 146 cm³/mol. The summed E-state index contributed by atoms with van der Waals surface area (Å²) in [5, 5.41) is 3.74. The maximum Gasteiger partial charge on any atom is 0.243 e. The first-order valence-electron chi connectivity index (χ1n) is 11.9. The fraction of sp³-hybridized carbons (Fsp3) is 0.310. The van der Waals surface area contributed by atoms with Gasteiger partial charge in [-0.25, -0.2) is 0 Å². The summed E-state index contributed by atoms with van der Waals surface area (Å²) in [5.41, 5.74) is 3.11. The summed E-state index contributed by atoms with van der Waals surface area (Å²) in [7, 11) is 0. The minimum atomic E-state index is -0.631. The second kappa shape index (κ2) is 13.4. The van der Waals surface area contributed by atoms with Crippen LogP contribution in [-0.4, -0.2) is 34.6 Å². The molecule has 0 aromatic heterocycles. The Kier molecular flexibility index (Phi) is 10.2. The number of hydrogen-bond acceptors (Lipinski definition) is 3. The molecule has 0 aliphatic heterocycles. The Bertz CT molecular complexity index is 1090. The number of benzene rings is 3. The lowest BCUT2D eigenvalue weighted by molar-refractivity contribution is -0.139. The zero-order valence-corrected chi connectivity index (χ0v) is 22.1. The molecule has 3 aromatic carbocycles. The van der Waals surface area contributed by atoms with Crippen LogP contribution in [0.4, 0.5) is 0 Å². The molecule has 0 aliphatic rings. The van der Waals surface area contributed by atoms with Crippen molar-refractivity contribution in [3.63, 3.8) is 0 Å². The van der Waals surface area contributed by atoms with E-state index in [-0.39, 0.29) is 23.6 Å². The van der Waals surface area contributed by atoms with Crippen molar-refractivity contribution >= 4 is 35.2 Å². The van der Waals surface area contributed by atoms with Crippen LogP contribution in [0.25, 0.3) is 0 Å². The molecule has 0 bridgehead atoms. The van der Waals surface area contributed by atoms with E-state index < -0.39 is 6.04 Å². The van der Waals surface area contributed by atoms with E-state index in [1.807, 2.05) is 99.6 Å². The van der Waals surface area contributed by atoms with Gasteiger partial charge in [0.15, 0.2) is 0 Å². The molecule has 3 rings (SSSR count). The highest BCUT2D eigenvalue weighted by Gasteiger charge is 2.31. The van der Waals surface area contributed by atoms with Gasteiger partial charge in [0.1, 0.15) is 6.04 Å². The molecular weight excluding hydrogens is 476 g/mol. The Hall–Kier alpha value is -2.76. The van der Waals surface area contributed by atoms with Crippen LogP contribution in [0.3, 0.4) is 0 Å². The molecule has 6 heteroatoms. The quantitative estimate of drug-likeness (QED) is 0.309. The second-order valence-electron chi connectivity index (χ2n) is 8.77. The van der Waals surface area contributed by atoms with Crippen LogP contribution >= 0.6 is 23.4 Å². The van der Waals surface area contributed by atoms with Crippen molar-refractivity contribution in [1.29, 1.82) is 0 Å². The molecule has 0 aliphatic carbocycles. The van der Waals surface area contributed by atoms with Gasteiger partial charge in [0.05, 0.1) is 5.75 Å². The standard InChI is InChI=1S/C29H33ClN2O2S/c1-4-22(3)31-29(34)27(18-23-8-6-5-7-9-23)32(19-24-12-14-25(30)15-13-24)28(33)20-35-26-16-10-21(2)11-17-26/h5-17,22,27H,4,18-20H2,1-3H3,(H,31,34). The minimum absolute atomic E-state index is 0.0233. The molecule has 2 unspecified atom stereocenters. The molecule has 0 radical (unpaired) electrons. The molecular formula is C29H33ClN2O2S. The van der Waals surface area contributed by atoms with E-state index in [1.165, 1.54) is 17.3 Å². The third kappa shape index (κ3) is 8.44. The zero-order chi connectivity index (χ0) is 25.2. The molecule has 184 valence electrons. The van der Waals surface area contributed by atoms with Crippen LogP contribution in [0.2, 0.25) is 5.02 Å². The Morgan fingerprint density at radius 1 is 0.943 bits per heavy atom. The Labute approximate surface area is 218 Å². The maximum absolute atomic E-state index is 13.6. The molecule has 4 nitrogen and oxygen atoms in total. The van der Waals surface area contributed by atoms with Crippen LogP contribution in [0.5, 0.6) is 0 Å². The van der Waals surface area contributed by atoms with Gasteiger partial charge in [-0.3, -0.25) is 9.59 Å². The Morgan fingerprint density at radius 2 is 1.60 bits per heavy atom. The van der Waals surface area contributed by atoms with Crippen LogP contribution in [-0.2, 0) is 22.6 Å². The van der Waals surface area contributed by atoms with Crippen LogP contribution < -0.4 is 5.32 Å². The van der Waals surface area contributed by atoms with Gasteiger partial charge in [-0.05, 0) is 55.7 Å². The number of hydrogen-bond donors (Lipinski definition) is 1. The number of halogens is 1. The third-order valence-electron chi connectivity index (χ3n) is 5.92. The van der Waals surface area contributed by atoms with Gasteiger partial charge in [0.2, 0.25) is 11.8 Å². The predicted octanol–water partition coefficient (Wildman–Crippen LogP) is 6.30. The van der Waals surface area contributed by atoms with Gasteiger partial charge in [-0.2, -0.15) is 0 Å². The van der Waals surface area contributed by atoms with Crippen molar-refractivity contribution in [2.24, 2.45) is 0 Å². The normalized spacial score (nSPS) is 12.6. The summed E-state index contributed by atoms with van der Waals surface area (Å²) in [6.45, 7) is 6.38. The highest BCUT2D eigenvalue weighted by atomic mass is 35.5. The summed E-state index contributed by atoms with van der Waals surface area (Å²) in [4.78, 5) is 29.9. The summed E-state index contributed by atoms with van der Waals surface area (Å²) < 4.78 is 0. The number of nitrogens with one attached hydrogen (secondary N) is 1. The molecule has 0 saturated heterocycles. The Balaban J connectivity index is 1.89. The molecule has 0 fully saturated rings. The van der Waals surface area contributed by atoms with Gasteiger partial charge < -0.3 is 10.2 Å². The lowest BCUT2D eigenvalue weighted by Crippen LogP contribution is -2.52. The first kappa shape index (κ1) is 26.8. The van der Waals surface area contributed by atoms with Crippen LogP contribution in [0.15, 0.2) is 83.8 Å². The number of carbonyl (C=O) groups excluding carboxylic acids is 2. The molecule has 0 heterocycles. The molecule has 0 saturated carbocycles. The largest absolute Gasteiger partial charge is 0.352 e. The lowest BCUT2D eigenvalue weighted by Gasteiger charge is -2.32. The van der Waals surface area contributed by atoms with E-state index in [2.05, 4.69) is 5.32 Å². The Morgan fingerprint density at radius 3 is 2.23 bits per heavy atom. The topological polar surface area (TPSA) is 49.4 Å². The summed E-state index contributed by atoms with van der Waals surface area (Å²) in [6, 6.07) is 24.8. The molecule has 2 amide bonds. The summed E-state index contributed by atoms with van der Waals surface area (Å²) in [5.74, 6) is 0.0371. The first-order valence-corrected chi connectivity index (χ1v) is 13.3. The smallest absolute Gasteiger partial charge is 0.243 e. The van der Waals surface area contributed by atoms with Crippen molar-refractivity contribution in [3.05, 3.63) is 101 Å². The van der Waals surface area contributed by atoms with Gasteiger partial charge in [0, 0.05) is 28.9 Å². The van der Waals surface area contributed by atoms with Crippen molar-refractivity contribution in [3.8, 4) is 0 Å². The van der Waals surface area contributed by atoms with Crippen LogP contribution in [0.1, 0.15) is 37.0 Å².